The molecule has 0 spiro atoms. The lowest BCUT2D eigenvalue weighted by molar-refractivity contribution is -0.140. The molecule has 0 saturated heterocycles. The van der Waals surface area contributed by atoms with Crippen LogP contribution in [-0.4, -0.2) is 27.6 Å². The lowest BCUT2D eigenvalue weighted by Crippen LogP contribution is -2.19. The van der Waals surface area contributed by atoms with Crippen LogP contribution in [0, 0.1) is 5.92 Å². The van der Waals surface area contributed by atoms with Crippen LogP contribution in [-0.2, 0) is 4.79 Å². The Labute approximate surface area is 172 Å². The summed E-state index contributed by atoms with van der Waals surface area (Å²) in [5, 5.41) is 13.0. The molecule has 1 unspecified atom stereocenters. The number of aromatic nitrogens is 2. The number of hydrogen-bond acceptors (Lipinski definition) is 6. The third-order valence-corrected chi connectivity index (χ3v) is 5.91. The van der Waals surface area contributed by atoms with Gasteiger partial charge in [0.05, 0.1) is 22.7 Å². The van der Waals surface area contributed by atoms with Gasteiger partial charge in [-0.3, -0.25) is 4.79 Å². The molecule has 1 atom stereocenters. The van der Waals surface area contributed by atoms with Gasteiger partial charge in [0.1, 0.15) is 5.76 Å². The van der Waals surface area contributed by atoms with Crippen molar-refractivity contribution in [3.05, 3.63) is 66.5 Å². The van der Waals surface area contributed by atoms with Gasteiger partial charge in [-0.05, 0) is 29.6 Å². The zero-order valence-corrected chi connectivity index (χ0v) is 16.8. The van der Waals surface area contributed by atoms with E-state index in [-0.39, 0.29) is 0 Å². The van der Waals surface area contributed by atoms with Crippen molar-refractivity contribution in [2.24, 2.45) is 5.92 Å². The number of oxazole rings is 1. The number of carboxylic acid groups (broad SMARTS) is 1. The standard InChI is InChI=1S/C22H21N3O3S/c1-14(21(26)27)11-24-22-25-19(20(29-22)17-5-3-2-4-6-17)16-9-7-15(8-10-16)18-12-23-13-28-18/h2-7,9,12-14H,8,10-11H2,1H3,(H,24,25)(H,26,27). The quantitative estimate of drug-likeness (QED) is 0.560. The first-order chi connectivity index (χ1) is 14.1. The number of rotatable bonds is 7. The van der Waals surface area contributed by atoms with Gasteiger partial charge in [0.15, 0.2) is 11.5 Å². The third kappa shape index (κ3) is 4.30. The summed E-state index contributed by atoms with van der Waals surface area (Å²) in [7, 11) is 0. The Morgan fingerprint density at radius 2 is 2.00 bits per heavy atom. The van der Waals surface area contributed by atoms with Gasteiger partial charge in [-0.1, -0.05) is 60.7 Å². The number of nitrogens with zero attached hydrogens (tertiary/aromatic N) is 2. The lowest BCUT2D eigenvalue weighted by Gasteiger charge is -2.13. The third-order valence-electron chi connectivity index (χ3n) is 4.85. The number of thiazole rings is 1. The molecule has 0 aliphatic heterocycles. The lowest BCUT2D eigenvalue weighted by atomic mass is 9.94. The minimum atomic E-state index is -0.822. The van der Waals surface area contributed by atoms with Gasteiger partial charge >= 0.3 is 5.97 Å². The topological polar surface area (TPSA) is 88.3 Å². The van der Waals surface area contributed by atoms with Gasteiger partial charge in [0, 0.05) is 6.54 Å². The van der Waals surface area contributed by atoms with Crippen LogP contribution < -0.4 is 5.32 Å². The summed E-state index contributed by atoms with van der Waals surface area (Å²) < 4.78 is 5.40. The van der Waals surface area contributed by atoms with Crippen LogP contribution in [0.4, 0.5) is 5.13 Å². The second-order valence-electron chi connectivity index (χ2n) is 6.93. The molecule has 4 rings (SSSR count). The number of benzene rings is 1. The molecule has 1 aliphatic rings. The molecule has 2 aromatic heterocycles. The Morgan fingerprint density at radius 3 is 2.66 bits per heavy atom. The van der Waals surface area contributed by atoms with Gasteiger partial charge in [-0.25, -0.2) is 9.97 Å². The number of aliphatic carboxylic acids is 1. The SMILES string of the molecule is CC(CNc1nc(C2=CC=C(c3cnco3)CC2)c(-c2ccccc2)s1)C(=O)O. The van der Waals surface area contributed by atoms with Crippen LogP contribution >= 0.6 is 11.3 Å². The predicted molar refractivity (Wildman–Crippen MR) is 115 cm³/mol. The zero-order valence-electron chi connectivity index (χ0n) is 16.0. The monoisotopic (exact) mass is 407 g/mol. The van der Waals surface area contributed by atoms with Gasteiger partial charge in [0.2, 0.25) is 0 Å². The first-order valence-electron chi connectivity index (χ1n) is 9.43. The van der Waals surface area contributed by atoms with Crippen LogP contribution in [0.2, 0.25) is 0 Å². The fourth-order valence-electron chi connectivity index (χ4n) is 3.14. The van der Waals surface area contributed by atoms with Crippen molar-refractivity contribution in [3.63, 3.8) is 0 Å². The molecule has 0 bridgehead atoms. The van der Waals surface area contributed by atoms with E-state index in [1.165, 1.54) is 6.39 Å². The van der Waals surface area contributed by atoms with E-state index in [1.807, 2.05) is 18.2 Å². The average molecular weight is 407 g/mol. The zero-order chi connectivity index (χ0) is 20.2. The van der Waals surface area contributed by atoms with E-state index in [0.717, 1.165) is 51.0 Å². The molecule has 148 valence electrons. The molecular formula is C22H21N3O3S. The number of carbonyl (C=O) groups is 1. The van der Waals surface area contributed by atoms with Crippen LogP contribution in [0.25, 0.3) is 21.6 Å². The molecule has 6 nitrogen and oxygen atoms in total. The van der Waals surface area contributed by atoms with E-state index in [0.29, 0.717) is 6.54 Å². The van der Waals surface area contributed by atoms with E-state index in [1.54, 1.807) is 24.5 Å². The molecule has 0 radical (unpaired) electrons. The first-order valence-corrected chi connectivity index (χ1v) is 10.3. The van der Waals surface area contributed by atoms with Crippen LogP contribution in [0.15, 0.2) is 59.5 Å². The summed E-state index contributed by atoms with van der Waals surface area (Å²) in [6.45, 7) is 2.02. The highest BCUT2D eigenvalue weighted by Crippen LogP contribution is 2.40. The molecule has 1 aliphatic carbocycles. The van der Waals surface area contributed by atoms with Crippen LogP contribution in [0.5, 0.6) is 0 Å². The maximum absolute atomic E-state index is 11.1. The van der Waals surface area contributed by atoms with Crippen molar-refractivity contribution in [1.82, 2.24) is 9.97 Å². The summed E-state index contributed by atoms with van der Waals surface area (Å²) in [5.41, 5.74) is 4.32. The van der Waals surface area contributed by atoms with E-state index < -0.39 is 11.9 Å². The fraction of sp³-hybridized carbons (Fsp3) is 0.227. The Kier molecular flexibility index (Phi) is 5.57. The van der Waals surface area contributed by atoms with Crippen molar-refractivity contribution in [2.75, 3.05) is 11.9 Å². The molecular weight excluding hydrogens is 386 g/mol. The highest BCUT2D eigenvalue weighted by atomic mass is 32.1. The van der Waals surface area contributed by atoms with E-state index in [4.69, 9.17) is 14.5 Å². The number of hydrogen-bond donors (Lipinski definition) is 2. The van der Waals surface area contributed by atoms with E-state index in [9.17, 15) is 4.79 Å². The van der Waals surface area contributed by atoms with Crippen molar-refractivity contribution in [1.29, 1.82) is 0 Å². The Bertz CT molecular complexity index is 1050. The fourth-order valence-corrected chi connectivity index (χ4v) is 4.15. The molecule has 2 N–H and O–H groups in total. The highest BCUT2D eigenvalue weighted by Gasteiger charge is 2.20. The summed E-state index contributed by atoms with van der Waals surface area (Å²) in [4.78, 5) is 21.0. The summed E-state index contributed by atoms with van der Waals surface area (Å²) in [6.07, 6.45) is 9.03. The number of carboxylic acids is 1. The number of nitrogens with one attached hydrogen (secondary N) is 1. The minimum absolute atomic E-state index is 0.338. The molecule has 0 fully saturated rings. The van der Waals surface area contributed by atoms with Crippen molar-refractivity contribution >= 4 is 33.6 Å². The van der Waals surface area contributed by atoms with Gasteiger partial charge < -0.3 is 14.8 Å². The van der Waals surface area contributed by atoms with Crippen molar-refractivity contribution in [3.8, 4) is 10.4 Å². The summed E-state index contributed by atoms with van der Waals surface area (Å²) >= 11 is 1.55. The average Bonchev–Trinajstić information content (AvgIpc) is 3.43. The largest absolute Gasteiger partial charge is 0.481 e. The van der Waals surface area contributed by atoms with Crippen molar-refractivity contribution < 1.29 is 14.3 Å². The normalized spacial score (nSPS) is 14.8. The second-order valence-corrected chi connectivity index (χ2v) is 7.93. The van der Waals surface area contributed by atoms with Gasteiger partial charge in [-0.15, -0.1) is 0 Å². The first kappa shape index (κ1) is 19.1. The predicted octanol–water partition coefficient (Wildman–Crippen LogP) is 5.19. The molecule has 0 saturated carbocycles. The number of anilines is 1. The Hall–Kier alpha value is -3.19. The number of allylic oxidation sites excluding steroid dienone is 4. The smallest absolute Gasteiger partial charge is 0.308 e. The van der Waals surface area contributed by atoms with Gasteiger partial charge in [-0.2, -0.15) is 0 Å². The minimum Gasteiger partial charge on any atom is -0.481 e. The second kappa shape index (κ2) is 8.45. The van der Waals surface area contributed by atoms with E-state index in [2.05, 4.69) is 34.6 Å². The summed E-state index contributed by atoms with van der Waals surface area (Å²) in [6, 6.07) is 10.1. The Morgan fingerprint density at radius 1 is 1.24 bits per heavy atom. The molecule has 1 aromatic carbocycles. The molecule has 3 aromatic rings. The van der Waals surface area contributed by atoms with Crippen LogP contribution in [0.3, 0.4) is 0 Å². The molecule has 29 heavy (non-hydrogen) atoms. The maximum Gasteiger partial charge on any atom is 0.308 e. The van der Waals surface area contributed by atoms with Crippen LogP contribution in [0.1, 0.15) is 31.2 Å². The molecule has 0 amide bonds. The maximum atomic E-state index is 11.1. The van der Waals surface area contributed by atoms with E-state index >= 15 is 0 Å². The molecule has 2 heterocycles. The van der Waals surface area contributed by atoms with Crippen molar-refractivity contribution in [2.45, 2.75) is 19.8 Å². The molecule has 7 heteroatoms. The van der Waals surface area contributed by atoms with Gasteiger partial charge in [0.25, 0.3) is 0 Å². The summed E-state index contributed by atoms with van der Waals surface area (Å²) in [5.74, 6) is -0.506. The Balaban J connectivity index is 1.65. The highest BCUT2D eigenvalue weighted by molar-refractivity contribution is 7.19.